The van der Waals surface area contributed by atoms with E-state index in [-0.39, 0.29) is 17.5 Å². The Balaban J connectivity index is 1.66. The van der Waals surface area contributed by atoms with Crippen LogP contribution in [-0.2, 0) is 23.1 Å². The molecule has 2 amide bonds. The molecule has 1 spiro atoms. The van der Waals surface area contributed by atoms with E-state index in [9.17, 15) is 9.59 Å². The normalized spacial score (nSPS) is 20.8. The summed E-state index contributed by atoms with van der Waals surface area (Å²) < 4.78 is 7.27. The van der Waals surface area contributed by atoms with E-state index in [0.29, 0.717) is 26.1 Å². The van der Waals surface area contributed by atoms with Gasteiger partial charge in [-0.3, -0.25) is 14.9 Å². The molecule has 2 fully saturated rings. The molecule has 2 saturated heterocycles. The lowest BCUT2D eigenvalue weighted by atomic mass is 9.84. The topological polar surface area (TPSA) is 79.7 Å². The third kappa shape index (κ3) is 3.78. The van der Waals surface area contributed by atoms with Crippen LogP contribution >= 0.6 is 0 Å². The van der Waals surface area contributed by atoms with E-state index in [2.05, 4.69) is 10.5 Å². The Bertz CT molecular complexity index is 655. The average Bonchev–Trinajstić information content (AvgIpc) is 3.03. The summed E-state index contributed by atoms with van der Waals surface area (Å²) in [4.78, 5) is 26.1. The van der Waals surface area contributed by atoms with Crippen LogP contribution in [0.3, 0.4) is 0 Å². The van der Waals surface area contributed by atoms with Gasteiger partial charge in [0.25, 0.3) is 0 Å². The predicted octanol–water partition coefficient (Wildman–Crippen LogP) is 1.43. The lowest BCUT2D eigenvalue weighted by molar-refractivity contribution is -0.121. The van der Waals surface area contributed by atoms with Crippen molar-refractivity contribution in [3.05, 3.63) is 18.0 Å². The predicted molar refractivity (Wildman–Crippen MR) is 91.3 cm³/mol. The number of piperidine rings is 1. The molecule has 25 heavy (non-hydrogen) atoms. The second-order valence-electron chi connectivity index (χ2n) is 7.94. The standard InChI is InChI=1S/C17H27N5O3/c1-16(2,3)25-15(24)21-9-6-17(7-10-21)11-14(23)19-22(17)12-13-5-8-18-20(13)4/h5,8H,6-7,9-12H2,1-4H3,(H,19,23). The van der Waals surface area contributed by atoms with Crippen LogP contribution in [0.5, 0.6) is 0 Å². The zero-order chi connectivity index (χ0) is 18.2. The first-order valence-corrected chi connectivity index (χ1v) is 8.70. The van der Waals surface area contributed by atoms with E-state index >= 15 is 0 Å². The highest BCUT2D eigenvalue weighted by atomic mass is 16.6. The fraction of sp³-hybridized carbons (Fsp3) is 0.706. The Morgan fingerprint density at radius 1 is 1.36 bits per heavy atom. The molecule has 138 valence electrons. The first kappa shape index (κ1) is 17.7. The van der Waals surface area contributed by atoms with E-state index in [1.165, 1.54) is 0 Å². The maximum absolute atomic E-state index is 12.3. The van der Waals surface area contributed by atoms with Crippen LogP contribution in [-0.4, -0.2) is 55.9 Å². The Labute approximate surface area is 148 Å². The highest BCUT2D eigenvalue weighted by Gasteiger charge is 2.48. The van der Waals surface area contributed by atoms with Gasteiger partial charge in [-0.1, -0.05) is 0 Å². The quantitative estimate of drug-likeness (QED) is 0.874. The number of hydrogen-bond acceptors (Lipinski definition) is 5. The molecule has 0 atom stereocenters. The molecule has 3 rings (SSSR count). The number of carbonyl (C=O) groups is 2. The number of likely N-dealkylation sites (tertiary alicyclic amines) is 1. The largest absolute Gasteiger partial charge is 0.444 e. The van der Waals surface area contributed by atoms with Crippen molar-refractivity contribution in [2.45, 2.75) is 57.7 Å². The molecule has 0 unspecified atom stereocenters. The van der Waals surface area contributed by atoms with E-state index in [0.717, 1.165) is 18.5 Å². The van der Waals surface area contributed by atoms with Crippen LogP contribution in [0.2, 0.25) is 0 Å². The van der Waals surface area contributed by atoms with E-state index < -0.39 is 5.60 Å². The molecule has 3 heterocycles. The monoisotopic (exact) mass is 349 g/mol. The number of nitrogens with one attached hydrogen (secondary N) is 1. The van der Waals surface area contributed by atoms with Gasteiger partial charge < -0.3 is 9.64 Å². The Kier molecular flexibility index (Phi) is 4.49. The third-order valence-corrected chi connectivity index (χ3v) is 4.91. The SMILES string of the molecule is Cn1nccc1CN1NC(=O)CC12CCN(C(=O)OC(C)(C)C)CC2. The van der Waals surface area contributed by atoms with Gasteiger partial charge in [-0.05, 0) is 39.7 Å². The van der Waals surface area contributed by atoms with Crippen LogP contribution in [0.1, 0.15) is 45.7 Å². The summed E-state index contributed by atoms with van der Waals surface area (Å²) in [5.41, 5.74) is 3.27. The van der Waals surface area contributed by atoms with Crippen molar-refractivity contribution in [3.63, 3.8) is 0 Å². The first-order chi connectivity index (χ1) is 11.7. The van der Waals surface area contributed by atoms with Crippen molar-refractivity contribution in [3.8, 4) is 0 Å². The van der Waals surface area contributed by atoms with Gasteiger partial charge in [0, 0.05) is 32.8 Å². The number of aromatic nitrogens is 2. The zero-order valence-electron chi connectivity index (χ0n) is 15.4. The van der Waals surface area contributed by atoms with E-state index in [1.807, 2.05) is 43.6 Å². The van der Waals surface area contributed by atoms with Crippen molar-refractivity contribution in [1.82, 2.24) is 25.1 Å². The van der Waals surface area contributed by atoms with E-state index in [4.69, 9.17) is 4.74 Å². The van der Waals surface area contributed by atoms with Gasteiger partial charge in [-0.15, -0.1) is 0 Å². The summed E-state index contributed by atoms with van der Waals surface area (Å²) in [6.45, 7) is 7.38. The number of nitrogens with zero attached hydrogens (tertiary/aromatic N) is 4. The fourth-order valence-electron chi connectivity index (χ4n) is 3.51. The number of ether oxygens (including phenoxy) is 1. The maximum Gasteiger partial charge on any atom is 0.410 e. The number of rotatable bonds is 2. The molecule has 0 radical (unpaired) electrons. The molecular weight excluding hydrogens is 322 g/mol. The smallest absolute Gasteiger partial charge is 0.410 e. The van der Waals surface area contributed by atoms with Gasteiger partial charge in [0.05, 0.1) is 17.8 Å². The summed E-state index contributed by atoms with van der Waals surface area (Å²) in [6.07, 6.45) is 3.42. The zero-order valence-corrected chi connectivity index (χ0v) is 15.4. The summed E-state index contributed by atoms with van der Waals surface area (Å²) in [5, 5.41) is 6.22. The van der Waals surface area contributed by atoms with Gasteiger partial charge in [-0.2, -0.15) is 5.10 Å². The molecule has 1 N–H and O–H groups in total. The summed E-state index contributed by atoms with van der Waals surface area (Å²) in [5.74, 6) is 0.0351. The van der Waals surface area contributed by atoms with Gasteiger partial charge in [-0.25, -0.2) is 9.80 Å². The lowest BCUT2D eigenvalue weighted by Gasteiger charge is -2.43. The number of aryl methyl sites for hydroxylation is 1. The van der Waals surface area contributed by atoms with Crippen molar-refractivity contribution in [2.24, 2.45) is 7.05 Å². The second kappa shape index (κ2) is 6.33. The van der Waals surface area contributed by atoms with Crippen LogP contribution in [0.4, 0.5) is 4.79 Å². The molecule has 0 aliphatic carbocycles. The molecule has 0 bridgehead atoms. The Hall–Kier alpha value is -2.09. The highest BCUT2D eigenvalue weighted by Crippen LogP contribution is 2.36. The second-order valence-corrected chi connectivity index (χ2v) is 7.94. The molecule has 0 aromatic carbocycles. The fourth-order valence-corrected chi connectivity index (χ4v) is 3.51. The lowest BCUT2D eigenvalue weighted by Crippen LogP contribution is -2.55. The number of carbonyl (C=O) groups excluding carboxylic acids is 2. The third-order valence-electron chi connectivity index (χ3n) is 4.91. The molecule has 2 aliphatic rings. The van der Waals surface area contributed by atoms with Crippen molar-refractivity contribution < 1.29 is 14.3 Å². The van der Waals surface area contributed by atoms with Gasteiger partial charge >= 0.3 is 6.09 Å². The van der Waals surface area contributed by atoms with Crippen molar-refractivity contribution >= 4 is 12.0 Å². The van der Waals surface area contributed by atoms with Crippen molar-refractivity contribution in [2.75, 3.05) is 13.1 Å². The number of hydrazine groups is 1. The average molecular weight is 349 g/mol. The molecule has 0 saturated carbocycles. The van der Waals surface area contributed by atoms with Crippen LogP contribution in [0.15, 0.2) is 12.3 Å². The minimum atomic E-state index is -0.497. The maximum atomic E-state index is 12.3. The molecule has 1 aromatic rings. The Morgan fingerprint density at radius 3 is 2.60 bits per heavy atom. The molecule has 8 nitrogen and oxygen atoms in total. The van der Waals surface area contributed by atoms with Gasteiger partial charge in [0.1, 0.15) is 5.60 Å². The van der Waals surface area contributed by atoms with Crippen LogP contribution < -0.4 is 5.43 Å². The highest BCUT2D eigenvalue weighted by molar-refractivity contribution is 5.79. The minimum absolute atomic E-state index is 0.0351. The van der Waals surface area contributed by atoms with Crippen LogP contribution in [0, 0.1) is 0 Å². The molecular formula is C17H27N5O3. The van der Waals surface area contributed by atoms with Gasteiger partial charge in [0.15, 0.2) is 0 Å². The van der Waals surface area contributed by atoms with Crippen molar-refractivity contribution in [1.29, 1.82) is 0 Å². The molecule has 8 heteroatoms. The molecule has 1 aromatic heterocycles. The van der Waals surface area contributed by atoms with Crippen LogP contribution in [0.25, 0.3) is 0 Å². The van der Waals surface area contributed by atoms with Gasteiger partial charge in [0.2, 0.25) is 5.91 Å². The minimum Gasteiger partial charge on any atom is -0.444 e. The Morgan fingerprint density at radius 2 is 2.04 bits per heavy atom. The number of hydrogen-bond donors (Lipinski definition) is 1. The first-order valence-electron chi connectivity index (χ1n) is 8.70. The summed E-state index contributed by atoms with van der Waals surface area (Å²) >= 11 is 0. The van der Waals surface area contributed by atoms with E-state index in [1.54, 1.807) is 11.1 Å². The number of amides is 2. The summed E-state index contributed by atoms with van der Waals surface area (Å²) in [6, 6.07) is 1.95. The molecule has 2 aliphatic heterocycles. The summed E-state index contributed by atoms with van der Waals surface area (Å²) in [7, 11) is 1.89.